The molecule has 3 aromatic carbocycles. The van der Waals surface area contributed by atoms with Crippen LogP contribution in [0.1, 0.15) is 61.3 Å². The van der Waals surface area contributed by atoms with Crippen LogP contribution in [-0.2, 0) is 26.2 Å². The van der Waals surface area contributed by atoms with Gasteiger partial charge < -0.3 is 10.2 Å². The maximum atomic E-state index is 14.2. The van der Waals surface area contributed by atoms with E-state index in [1.807, 2.05) is 51.1 Å². The number of nitrogens with zero attached hydrogens (tertiary/aromatic N) is 2. The van der Waals surface area contributed by atoms with Crippen molar-refractivity contribution in [2.45, 2.75) is 83.3 Å². The second-order valence-electron chi connectivity index (χ2n) is 11.0. The molecular formula is C33H41N3O4S. The predicted molar refractivity (Wildman–Crippen MR) is 163 cm³/mol. The number of carbonyl (C=O) groups excluding carboxylic acids is 2. The van der Waals surface area contributed by atoms with Gasteiger partial charge in [0.25, 0.3) is 10.0 Å². The molecule has 0 bridgehead atoms. The van der Waals surface area contributed by atoms with E-state index in [0.717, 1.165) is 47.9 Å². The molecule has 1 saturated carbocycles. The Kier molecular flexibility index (Phi) is 9.86. The summed E-state index contributed by atoms with van der Waals surface area (Å²) >= 11 is 0. The molecule has 0 spiro atoms. The molecule has 7 nitrogen and oxygen atoms in total. The third-order valence-electron chi connectivity index (χ3n) is 8.18. The Labute approximate surface area is 244 Å². The third-order valence-corrected chi connectivity index (χ3v) is 9.95. The Morgan fingerprint density at radius 1 is 0.854 bits per heavy atom. The fourth-order valence-electron chi connectivity index (χ4n) is 5.36. The summed E-state index contributed by atoms with van der Waals surface area (Å²) in [6.45, 7) is 7.21. The summed E-state index contributed by atoms with van der Waals surface area (Å²) in [5.41, 5.74) is 4.03. The first-order chi connectivity index (χ1) is 19.6. The van der Waals surface area contributed by atoms with Gasteiger partial charge in [-0.2, -0.15) is 0 Å². The molecule has 1 atom stereocenters. The molecule has 1 aliphatic rings. The van der Waals surface area contributed by atoms with Gasteiger partial charge in [0.2, 0.25) is 11.8 Å². The van der Waals surface area contributed by atoms with E-state index < -0.39 is 28.5 Å². The van der Waals surface area contributed by atoms with Gasteiger partial charge in [-0.15, -0.1) is 0 Å². The van der Waals surface area contributed by atoms with Crippen molar-refractivity contribution in [3.8, 4) is 0 Å². The lowest BCUT2D eigenvalue weighted by Gasteiger charge is -2.34. The number of rotatable bonds is 10. The minimum atomic E-state index is -4.09. The predicted octanol–water partition coefficient (Wildman–Crippen LogP) is 5.67. The quantitative estimate of drug-likeness (QED) is 0.337. The van der Waals surface area contributed by atoms with Gasteiger partial charge in [-0.3, -0.25) is 13.9 Å². The smallest absolute Gasteiger partial charge is 0.264 e. The van der Waals surface area contributed by atoms with Crippen molar-refractivity contribution in [2.75, 3.05) is 10.8 Å². The van der Waals surface area contributed by atoms with Gasteiger partial charge >= 0.3 is 0 Å². The van der Waals surface area contributed by atoms with Crippen LogP contribution in [0.3, 0.4) is 0 Å². The van der Waals surface area contributed by atoms with E-state index in [4.69, 9.17) is 0 Å². The number of amides is 2. The molecule has 2 amide bonds. The highest BCUT2D eigenvalue weighted by molar-refractivity contribution is 7.92. The Morgan fingerprint density at radius 2 is 1.49 bits per heavy atom. The fraction of sp³-hybridized carbons (Fsp3) is 0.394. The molecule has 0 heterocycles. The molecule has 8 heteroatoms. The summed E-state index contributed by atoms with van der Waals surface area (Å²) in [5, 5.41) is 3.15. The van der Waals surface area contributed by atoms with Gasteiger partial charge in [-0.05, 0) is 81.0 Å². The summed E-state index contributed by atoms with van der Waals surface area (Å²) in [5.74, 6) is -0.664. The monoisotopic (exact) mass is 575 g/mol. The van der Waals surface area contributed by atoms with E-state index >= 15 is 0 Å². The number of anilines is 1. The highest BCUT2D eigenvalue weighted by Gasteiger charge is 2.34. The van der Waals surface area contributed by atoms with Crippen LogP contribution in [0.5, 0.6) is 0 Å². The molecule has 218 valence electrons. The summed E-state index contributed by atoms with van der Waals surface area (Å²) in [6.07, 6.45) is 5.18. The molecule has 41 heavy (non-hydrogen) atoms. The zero-order valence-electron chi connectivity index (χ0n) is 24.5. The largest absolute Gasteiger partial charge is 0.352 e. The van der Waals surface area contributed by atoms with Gasteiger partial charge in [0.05, 0.1) is 10.6 Å². The number of sulfonamides is 1. The summed E-state index contributed by atoms with van der Waals surface area (Å²) in [7, 11) is -4.09. The van der Waals surface area contributed by atoms with Crippen LogP contribution in [0.25, 0.3) is 0 Å². The molecule has 1 fully saturated rings. The van der Waals surface area contributed by atoms with Gasteiger partial charge in [0, 0.05) is 12.6 Å². The van der Waals surface area contributed by atoms with Crippen LogP contribution < -0.4 is 9.62 Å². The molecule has 0 saturated heterocycles. The van der Waals surface area contributed by atoms with E-state index in [-0.39, 0.29) is 23.4 Å². The minimum Gasteiger partial charge on any atom is -0.352 e. The molecule has 1 N–H and O–H groups in total. The highest BCUT2D eigenvalue weighted by atomic mass is 32.2. The fourth-order valence-corrected chi connectivity index (χ4v) is 6.85. The topological polar surface area (TPSA) is 86.8 Å². The van der Waals surface area contributed by atoms with Crippen molar-refractivity contribution in [2.24, 2.45) is 0 Å². The van der Waals surface area contributed by atoms with Crippen LogP contribution in [0.2, 0.25) is 0 Å². The van der Waals surface area contributed by atoms with Gasteiger partial charge in [-0.25, -0.2) is 8.42 Å². The highest BCUT2D eigenvalue weighted by Crippen LogP contribution is 2.29. The summed E-state index contributed by atoms with van der Waals surface area (Å²) < 4.78 is 29.2. The van der Waals surface area contributed by atoms with Crippen molar-refractivity contribution in [1.82, 2.24) is 10.2 Å². The van der Waals surface area contributed by atoms with Crippen molar-refractivity contribution >= 4 is 27.5 Å². The zero-order valence-corrected chi connectivity index (χ0v) is 25.3. The van der Waals surface area contributed by atoms with Gasteiger partial charge in [0.1, 0.15) is 12.6 Å². The van der Waals surface area contributed by atoms with Crippen LogP contribution in [0.4, 0.5) is 5.69 Å². The molecule has 0 aliphatic heterocycles. The zero-order chi connectivity index (χ0) is 29.6. The van der Waals surface area contributed by atoms with Crippen LogP contribution >= 0.6 is 0 Å². The second kappa shape index (κ2) is 13.3. The molecule has 0 aromatic heterocycles. The van der Waals surface area contributed by atoms with Crippen LogP contribution in [0, 0.1) is 20.8 Å². The average molecular weight is 576 g/mol. The Morgan fingerprint density at radius 3 is 2.17 bits per heavy atom. The third kappa shape index (κ3) is 7.17. The molecule has 1 aliphatic carbocycles. The maximum Gasteiger partial charge on any atom is 0.264 e. The van der Waals surface area contributed by atoms with E-state index in [1.165, 1.54) is 27.8 Å². The Bertz CT molecular complexity index is 1470. The number of hydrogen-bond acceptors (Lipinski definition) is 4. The van der Waals surface area contributed by atoms with Crippen LogP contribution in [-0.4, -0.2) is 43.8 Å². The number of nitrogens with one attached hydrogen (secondary N) is 1. The summed E-state index contributed by atoms with van der Waals surface area (Å²) in [4.78, 5) is 29.3. The van der Waals surface area contributed by atoms with E-state index in [2.05, 4.69) is 5.32 Å². The van der Waals surface area contributed by atoms with E-state index in [0.29, 0.717) is 5.69 Å². The second-order valence-corrected chi connectivity index (χ2v) is 12.9. The van der Waals surface area contributed by atoms with Crippen molar-refractivity contribution in [3.05, 3.63) is 95.1 Å². The molecule has 3 aromatic rings. The standard InChI is InChI=1S/C33H41N3O4S/c1-24-15-13-21-31(26(24)3)36(41(39,40)30-19-9-6-10-20-30)23-32(37)35(22-28-16-12-11-14-25(28)2)27(4)33(38)34-29-17-7-5-8-18-29/h6,9-16,19-21,27,29H,5,7-8,17-18,22-23H2,1-4H3,(H,34,38)/t27-/m1/s1. The normalized spacial score (nSPS) is 14.7. The molecule has 0 radical (unpaired) electrons. The number of carbonyl (C=O) groups is 2. The average Bonchev–Trinajstić information content (AvgIpc) is 2.97. The number of aryl methyl sites for hydroxylation is 2. The Balaban J connectivity index is 1.71. The van der Waals surface area contributed by atoms with Gasteiger partial charge in [-0.1, -0.05) is 73.9 Å². The molecule has 0 unspecified atom stereocenters. The lowest BCUT2D eigenvalue weighted by molar-refractivity contribution is -0.139. The first-order valence-electron chi connectivity index (χ1n) is 14.4. The summed E-state index contributed by atoms with van der Waals surface area (Å²) in [6, 6.07) is 20.6. The van der Waals surface area contributed by atoms with Crippen molar-refractivity contribution in [3.63, 3.8) is 0 Å². The lowest BCUT2D eigenvalue weighted by Crippen LogP contribution is -2.53. The van der Waals surface area contributed by atoms with E-state index in [1.54, 1.807) is 37.3 Å². The van der Waals surface area contributed by atoms with Crippen LogP contribution in [0.15, 0.2) is 77.7 Å². The van der Waals surface area contributed by atoms with Gasteiger partial charge in [0.15, 0.2) is 0 Å². The van der Waals surface area contributed by atoms with Crippen molar-refractivity contribution in [1.29, 1.82) is 0 Å². The first-order valence-corrected chi connectivity index (χ1v) is 15.8. The molecule has 4 rings (SSSR count). The van der Waals surface area contributed by atoms with E-state index in [9.17, 15) is 18.0 Å². The Hall–Kier alpha value is -3.65. The first kappa shape index (κ1) is 30.3. The minimum absolute atomic E-state index is 0.0963. The lowest BCUT2D eigenvalue weighted by atomic mass is 9.95. The number of hydrogen-bond donors (Lipinski definition) is 1. The SMILES string of the molecule is Cc1ccccc1CN(C(=O)CN(c1cccc(C)c1C)S(=O)(=O)c1ccccc1)[C@H](C)C(=O)NC1CCCCC1. The number of benzene rings is 3. The van der Waals surface area contributed by atoms with Crippen molar-refractivity contribution < 1.29 is 18.0 Å². The maximum absolute atomic E-state index is 14.2. The molecular weight excluding hydrogens is 534 g/mol.